The number of benzene rings is 2. The largest absolute Gasteiger partial charge is 0.489 e. The van der Waals surface area contributed by atoms with E-state index in [1.807, 2.05) is 18.2 Å². The van der Waals surface area contributed by atoms with Crippen molar-refractivity contribution in [3.8, 4) is 5.75 Å². The number of carbonyl (C=O) groups is 1. The number of hydrogen-bond acceptors (Lipinski definition) is 4. The van der Waals surface area contributed by atoms with Gasteiger partial charge in [0, 0.05) is 22.7 Å². The molecule has 1 N–H and O–H groups in total. The van der Waals surface area contributed by atoms with Crippen LogP contribution in [0.4, 0.5) is 0 Å². The summed E-state index contributed by atoms with van der Waals surface area (Å²) in [5.41, 5.74) is 1.56. The normalized spacial score (nSPS) is 11.1. The van der Waals surface area contributed by atoms with Gasteiger partial charge in [0.15, 0.2) is 5.71 Å². The monoisotopic (exact) mass is 366 g/mol. The third-order valence-electron chi connectivity index (χ3n) is 3.13. The van der Waals surface area contributed by atoms with Crippen LogP contribution in [0.2, 0.25) is 10.0 Å². The van der Waals surface area contributed by atoms with E-state index in [4.69, 9.17) is 32.8 Å². The van der Waals surface area contributed by atoms with E-state index in [0.717, 1.165) is 5.56 Å². The van der Waals surface area contributed by atoms with Crippen molar-refractivity contribution in [2.24, 2.45) is 5.16 Å². The average Bonchev–Trinajstić information content (AvgIpc) is 2.57. The quantitative estimate of drug-likeness (QED) is 0.626. The molecule has 2 aromatic rings. The molecule has 0 bridgehead atoms. The van der Waals surface area contributed by atoms with Gasteiger partial charge in [0.05, 0.1) is 0 Å². The molecule has 126 valence electrons. The molecule has 0 saturated heterocycles. The van der Waals surface area contributed by atoms with Gasteiger partial charge in [-0.15, -0.1) is 0 Å². The number of likely N-dealkylation sites (N-methyl/N-ethyl adjacent to an activating group) is 1. The maximum atomic E-state index is 12.0. The molecule has 2 rings (SSSR count). The van der Waals surface area contributed by atoms with Crippen LogP contribution in [0.3, 0.4) is 0 Å². The highest BCUT2D eigenvalue weighted by atomic mass is 35.5. The van der Waals surface area contributed by atoms with Crippen LogP contribution in [0.1, 0.15) is 11.1 Å². The van der Waals surface area contributed by atoms with Gasteiger partial charge in [0.25, 0.3) is 5.91 Å². The van der Waals surface area contributed by atoms with E-state index in [1.165, 1.54) is 14.2 Å². The Balaban J connectivity index is 2.28. The Morgan fingerprint density at radius 2 is 1.83 bits per heavy atom. The Hall–Kier alpha value is -2.24. The second kappa shape index (κ2) is 8.57. The number of ether oxygens (including phenoxy) is 1. The lowest BCUT2D eigenvalue weighted by atomic mass is 10.0. The molecule has 5 nitrogen and oxygen atoms in total. The first-order valence-electron chi connectivity index (χ1n) is 7.05. The fourth-order valence-electron chi connectivity index (χ4n) is 2.07. The highest BCUT2D eigenvalue weighted by Crippen LogP contribution is 2.25. The third-order valence-corrected chi connectivity index (χ3v) is 3.56. The molecule has 0 aromatic heterocycles. The summed E-state index contributed by atoms with van der Waals surface area (Å²) < 4.78 is 5.74. The number of hydrogen-bond donors (Lipinski definition) is 1. The Morgan fingerprint density at radius 3 is 2.46 bits per heavy atom. The Labute approximate surface area is 150 Å². The van der Waals surface area contributed by atoms with Crippen molar-refractivity contribution < 1.29 is 14.4 Å². The topological polar surface area (TPSA) is 59.9 Å². The molecule has 0 radical (unpaired) electrons. The second-order valence-corrected chi connectivity index (χ2v) is 5.63. The van der Waals surface area contributed by atoms with Crippen LogP contribution in [0, 0.1) is 0 Å². The van der Waals surface area contributed by atoms with Gasteiger partial charge < -0.3 is 14.9 Å². The van der Waals surface area contributed by atoms with Gasteiger partial charge >= 0.3 is 0 Å². The molecule has 0 spiro atoms. The molecule has 0 aliphatic heterocycles. The maximum absolute atomic E-state index is 12.0. The van der Waals surface area contributed by atoms with Gasteiger partial charge in [-0.3, -0.25) is 4.79 Å². The standard InChI is InChI=1S/C17H16Cl2N2O3/c1-20-17(22)16(21-23-2)15-6-4-3-5-11(15)10-24-14-8-12(18)7-13(19)9-14/h3-9H,10H2,1-2H3,(H,20,22)/b21-16-. The minimum absolute atomic E-state index is 0.170. The van der Waals surface area contributed by atoms with Crippen molar-refractivity contribution >= 4 is 34.8 Å². The summed E-state index contributed by atoms with van der Waals surface area (Å²) >= 11 is 11.9. The molecule has 0 unspecified atom stereocenters. The first-order chi connectivity index (χ1) is 11.5. The summed E-state index contributed by atoms with van der Waals surface area (Å²) in [5, 5.41) is 7.32. The lowest BCUT2D eigenvalue weighted by molar-refractivity contribution is -0.114. The SMILES string of the molecule is CNC(=O)/C(=N\OC)c1ccccc1COc1cc(Cl)cc(Cl)c1. The van der Waals surface area contributed by atoms with Crippen LogP contribution in [0.25, 0.3) is 0 Å². The van der Waals surface area contributed by atoms with Gasteiger partial charge in [-0.25, -0.2) is 0 Å². The van der Waals surface area contributed by atoms with Crippen molar-refractivity contribution in [2.45, 2.75) is 6.61 Å². The van der Waals surface area contributed by atoms with Crippen LogP contribution >= 0.6 is 23.2 Å². The summed E-state index contributed by atoms with van der Waals surface area (Å²) in [6.45, 7) is 0.215. The molecule has 0 aliphatic carbocycles. The molecule has 0 saturated carbocycles. The summed E-state index contributed by atoms with van der Waals surface area (Å²) in [5.74, 6) is 0.183. The third kappa shape index (κ3) is 4.63. The molecular weight excluding hydrogens is 351 g/mol. The average molecular weight is 367 g/mol. The zero-order chi connectivity index (χ0) is 17.5. The summed E-state index contributed by atoms with van der Waals surface area (Å²) in [6, 6.07) is 12.2. The van der Waals surface area contributed by atoms with Crippen LogP contribution in [0.5, 0.6) is 5.75 Å². The molecule has 0 heterocycles. The number of amides is 1. The van der Waals surface area contributed by atoms with E-state index in [9.17, 15) is 4.79 Å². The van der Waals surface area contributed by atoms with Gasteiger partial charge in [0.1, 0.15) is 19.5 Å². The number of halogens is 2. The summed E-state index contributed by atoms with van der Waals surface area (Å²) in [4.78, 5) is 16.8. The number of carbonyl (C=O) groups excluding carboxylic acids is 1. The highest BCUT2D eigenvalue weighted by molar-refractivity contribution is 6.45. The Kier molecular flexibility index (Phi) is 6.46. The van der Waals surface area contributed by atoms with E-state index in [-0.39, 0.29) is 18.2 Å². The number of nitrogens with zero attached hydrogens (tertiary/aromatic N) is 1. The summed E-state index contributed by atoms with van der Waals surface area (Å²) in [6.07, 6.45) is 0. The first kappa shape index (κ1) is 18.1. The highest BCUT2D eigenvalue weighted by Gasteiger charge is 2.17. The van der Waals surface area contributed by atoms with E-state index in [2.05, 4.69) is 10.5 Å². The molecule has 2 aromatic carbocycles. The first-order valence-corrected chi connectivity index (χ1v) is 7.81. The van der Waals surface area contributed by atoms with Crippen molar-refractivity contribution in [1.82, 2.24) is 5.32 Å². The van der Waals surface area contributed by atoms with Gasteiger partial charge in [-0.1, -0.05) is 52.6 Å². The Morgan fingerprint density at radius 1 is 1.17 bits per heavy atom. The Bertz CT molecular complexity index is 743. The molecule has 0 aliphatic rings. The fraction of sp³-hybridized carbons (Fsp3) is 0.176. The molecule has 0 fully saturated rings. The predicted molar refractivity (Wildman–Crippen MR) is 94.8 cm³/mol. The lowest BCUT2D eigenvalue weighted by Gasteiger charge is -2.12. The van der Waals surface area contributed by atoms with Gasteiger partial charge in [0.2, 0.25) is 0 Å². The minimum Gasteiger partial charge on any atom is -0.489 e. The number of oxime groups is 1. The van der Waals surface area contributed by atoms with Gasteiger partial charge in [-0.2, -0.15) is 0 Å². The number of rotatable bonds is 6. The van der Waals surface area contributed by atoms with Gasteiger partial charge in [-0.05, 0) is 23.8 Å². The zero-order valence-electron chi connectivity index (χ0n) is 13.2. The van der Waals surface area contributed by atoms with E-state index in [1.54, 1.807) is 24.3 Å². The van der Waals surface area contributed by atoms with Crippen LogP contribution < -0.4 is 10.1 Å². The molecule has 1 amide bonds. The predicted octanol–water partition coefficient (Wildman–Crippen LogP) is 3.67. The zero-order valence-corrected chi connectivity index (χ0v) is 14.7. The molecule has 24 heavy (non-hydrogen) atoms. The fourth-order valence-corrected chi connectivity index (χ4v) is 2.58. The van der Waals surface area contributed by atoms with E-state index < -0.39 is 0 Å². The maximum Gasteiger partial charge on any atom is 0.273 e. The van der Waals surface area contributed by atoms with Crippen molar-refractivity contribution in [3.05, 3.63) is 63.6 Å². The van der Waals surface area contributed by atoms with Crippen LogP contribution in [0.15, 0.2) is 47.6 Å². The molecule has 7 heteroatoms. The van der Waals surface area contributed by atoms with Crippen molar-refractivity contribution in [1.29, 1.82) is 0 Å². The van der Waals surface area contributed by atoms with Crippen LogP contribution in [-0.4, -0.2) is 25.8 Å². The van der Waals surface area contributed by atoms with Crippen LogP contribution in [-0.2, 0) is 16.2 Å². The van der Waals surface area contributed by atoms with E-state index >= 15 is 0 Å². The molecular formula is C17H16Cl2N2O3. The summed E-state index contributed by atoms with van der Waals surface area (Å²) in [7, 11) is 2.91. The minimum atomic E-state index is -0.352. The second-order valence-electron chi connectivity index (χ2n) is 4.75. The molecule has 0 atom stereocenters. The smallest absolute Gasteiger partial charge is 0.273 e. The van der Waals surface area contributed by atoms with E-state index in [0.29, 0.717) is 21.4 Å². The lowest BCUT2D eigenvalue weighted by Crippen LogP contribution is -2.29. The van der Waals surface area contributed by atoms with Crippen molar-refractivity contribution in [2.75, 3.05) is 14.2 Å². The number of nitrogens with one attached hydrogen (secondary N) is 1. The van der Waals surface area contributed by atoms with Crippen molar-refractivity contribution in [3.63, 3.8) is 0 Å².